The summed E-state index contributed by atoms with van der Waals surface area (Å²) in [6.45, 7) is 6.65. The topological polar surface area (TPSA) is 142 Å². The molecule has 5 N–H and O–H groups in total. The standard InChI is InChI=1S/C23H37N3O6/c1-16(26(31)15-28)23(21(24)30,19(22(2,3)4)20(29)25-13-14-27)12-6-7-17-8-10-18(32-5)11-9-17/h8-11,15-16,19,27,31H,6-7,12-14H2,1-5H3,(H2,24,30)(H,25,29)/t16-,19-,23?/m0/s1. The molecule has 3 atom stereocenters. The molecular formula is C23H37N3O6. The maximum absolute atomic E-state index is 13.2. The van der Waals surface area contributed by atoms with Gasteiger partial charge in [-0.05, 0) is 49.3 Å². The number of hydroxylamine groups is 2. The van der Waals surface area contributed by atoms with Crippen molar-refractivity contribution in [1.82, 2.24) is 10.4 Å². The SMILES string of the molecule is COc1ccc(CCCC(C(N)=O)([C@H](C)N(O)C=O)[C@@H](C(=O)NCCO)C(C)(C)C)cc1. The molecule has 0 spiro atoms. The van der Waals surface area contributed by atoms with Crippen molar-refractivity contribution in [1.29, 1.82) is 0 Å². The predicted molar refractivity (Wildman–Crippen MR) is 120 cm³/mol. The van der Waals surface area contributed by atoms with Crippen LogP contribution in [-0.4, -0.2) is 59.9 Å². The van der Waals surface area contributed by atoms with Crippen molar-refractivity contribution in [2.24, 2.45) is 22.5 Å². The lowest BCUT2D eigenvalue weighted by atomic mass is 9.57. The van der Waals surface area contributed by atoms with Crippen molar-refractivity contribution in [3.63, 3.8) is 0 Å². The Kier molecular flexibility index (Phi) is 10.1. The molecule has 0 saturated carbocycles. The molecule has 0 bridgehead atoms. The first-order chi connectivity index (χ1) is 14.9. The third-order valence-corrected chi connectivity index (χ3v) is 5.98. The Morgan fingerprint density at radius 3 is 2.28 bits per heavy atom. The summed E-state index contributed by atoms with van der Waals surface area (Å²) in [5.41, 5.74) is 4.61. The van der Waals surface area contributed by atoms with E-state index in [-0.39, 0.29) is 26.0 Å². The molecule has 0 saturated heterocycles. The average molecular weight is 452 g/mol. The highest BCUT2D eigenvalue weighted by atomic mass is 16.5. The molecule has 0 aliphatic carbocycles. The summed E-state index contributed by atoms with van der Waals surface area (Å²) >= 11 is 0. The lowest BCUT2D eigenvalue weighted by Gasteiger charge is -2.48. The van der Waals surface area contributed by atoms with Crippen LogP contribution in [0.5, 0.6) is 5.75 Å². The van der Waals surface area contributed by atoms with Gasteiger partial charge in [0, 0.05) is 6.54 Å². The summed E-state index contributed by atoms with van der Waals surface area (Å²) in [5, 5.41) is 22.4. The van der Waals surface area contributed by atoms with Crippen LogP contribution in [0.3, 0.4) is 0 Å². The van der Waals surface area contributed by atoms with Gasteiger partial charge in [-0.2, -0.15) is 0 Å². The Balaban J connectivity index is 3.39. The van der Waals surface area contributed by atoms with Crippen molar-refractivity contribution in [3.05, 3.63) is 29.8 Å². The summed E-state index contributed by atoms with van der Waals surface area (Å²) in [7, 11) is 1.58. The molecule has 0 aromatic heterocycles. The van der Waals surface area contributed by atoms with Gasteiger partial charge in [-0.25, -0.2) is 5.06 Å². The van der Waals surface area contributed by atoms with E-state index in [9.17, 15) is 19.6 Å². The second-order valence-corrected chi connectivity index (χ2v) is 9.08. The number of benzene rings is 1. The van der Waals surface area contributed by atoms with E-state index >= 15 is 0 Å². The molecule has 3 amide bonds. The van der Waals surface area contributed by atoms with Crippen molar-refractivity contribution in [2.45, 2.75) is 53.0 Å². The number of amides is 3. The summed E-state index contributed by atoms with van der Waals surface area (Å²) in [6.07, 6.45) is 1.44. The van der Waals surface area contributed by atoms with Gasteiger partial charge in [0.05, 0.1) is 31.1 Å². The lowest BCUT2D eigenvalue weighted by Crippen LogP contribution is -2.62. The van der Waals surface area contributed by atoms with E-state index in [0.717, 1.165) is 11.3 Å². The number of rotatable bonds is 13. The van der Waals surface area contributed by atoms with Gasteiger partial charge in [-0.1, -0.05) is 32.9 Å². The summed E-state index contributed by atoms with van der Waals surface area (Å²) in [6, 6.07) is 6.43. The van der Waals surface area contributed by atoms with Crippen molar-refractivity contribution in [3.8, 4) is 5.75 Å². The van der Waals surface area contributed by atoms with Gasteiger partial charge >= 0.3 is 0 Å². The van der Waals surface area contributed by atoms with E-state index in [4.69, 9.17) is 15.6 Å². The van der Waals surface area contributed by atoms with Crippen LogP contribution in [-0.2, 0) is 20.8 Å². The van der Waals surface area contributed by atoms with Gasteiger partial charge < -0.3 is 20.9 Å². The van der Waals surface area contributed by atoms with Gasteiger partial charge in [-0.15, -0.1) is 0 Å². The maximum Gasteiger partial charge on any atom is 0.233 e. The Labute approximate surface area is 189 Å². The molecule has 9 nitrogen and oxygen atoms in total. The number of nitrogens with one attached hydrogen (secondary N) is 1. The van der Waals surface area contributed by atoms with Crippen LogP contribution in [0.25, 0.3) is 0 Å². The van der Waals surface area contributed by atoms with Crippen LogP contribution in [0.2, 0.25) is 0 Å². The quantitative estimate of drug-likeness (QED) is 0.203. The molecule has 0 fully saturated rings. The second-order valence-electron chi connectivity index (χ2n) is 9.08. The molecule has 0 aliphatic heterocycles. The minimum atomic E-state index is -1.56. The van der Waals surface area contributed by atoms with Gasteiger partial charge in [-0.3, -0.25) is 19.6 Å². The molecule has 32 heavy (non-hydrogen) atoms. The number of aliphatic hydroxyl groups is 1. The van der Waals surface area contributed by atoms with Crippen molar-refractivity contribution < 1.29 is 29.4 Å². The molecular weight excluding hydrogens is 414 g/mol. The largest absolute Gasteiger partial charge is 0.497 e. The van der Waals surface area contributed by atoms with Crippen LogP contribution in [0.4, 0.5) is 0 Å². The molecule has 180 valence electrons. The third kappa shape index (κ3) is 6.43. The first-order valence-electron chi connectivity index (χ1n) is 10.7. The van der Waals surface area contributed by atoms with Gasteiger partial charge in [0.2, 0.25) is 18.2 Å². The smallest absolute Gasteiger partial charge is 0.233 e. The minimum absolute atomic E-state index is 0.0109. The number of aliphatic hydroxyl groups excluding tert-OH is 1. The fraction of sp³-hybridized carbons (Fsp3) is 0.609. The second kappa shape index (κ2) is 11.8. The Morgan fingerprint density at radius 2 is 1.84 bits per heavy atom. The number of nitrogens with two attached hydrogens (primary N) is 1. The van der Waals surface area contributed by atoms with E-state index in [2.05, 4.69) is 5.32 Å². The molecule has 1 aromatic carbocycles. The van der Waals surface area contributed by atoms with Crippen LogP contribution in [0.1, 0.15) is 46.1 Å². The number of carbonyl (C=O) groups is 3. The van der Waals surface area contributed by atoms with Gasteiger partial charge in [0.1, 0.15) is 5.75 Å². The number of methoxy groups -OCH3 is 1. The zero-order chi connectivity index (χ0) is 24.5. The summed E-state index contributed by atoms with van der Waals surface area (Å²) < 4.78 is 5.17. The fourth-order valence-corrected chi connectivity index (χ4v) is 4.45. The maximum atomic E-state index is 13.2. The first kappa shape index (κ1) is 27.4. The van der Waals surface area contributed by atoms with E-state index in [1.165, 1.54) is 6.92 Å². The molecule has 1 unspecified atom stereocenters. The molecule has 1 aromatic rings. The predicted octanol–water partition coefficient (Wildman–Crippen LogP) is 1.50. The highest BCUT2D eigenvalue weighted by Crippen LogP contribution is 2.47. The summed E-state index contributed by atoms with van der Waals surface area (Å²) in [4.78, 5) is 37.5. The monoisotopic (exact) mass is 451 g/mol. The number of hydrogen-bond acceptors (Lipinski definition) is 6. The molecule has 1 rings (SSSR count). The van der Waals surface area contributed by atoms with E-state index in [1.54, 1.807) is 27.9 Å². The molecule has 0 heterocycles. The Morgan fingerprint density at radius 1 is 1.25 bits per heavy atom. The lowest BCUT2D eigenvalue weighted by molar-refractivity contribution is -0.187. The highest BCUT2D eigenvalue weighted by Gasteiger charge is 2.57. The Hall–Kier alpha value is -2.65. The van der Waals surface area contributed by atoms with Crippen LogP contribution in [0.15, 0.2) is 24.3 Å². The molecule has 0 aliphatic rings. The van der Waals surface area contributed by atoms with Crippen LogP contribution in [0, 0.1) is 16.7 Å². The van der Waals surface area contributed by atoms with Crippen LogP contribution < -0.4 is 15.8 Å². The highest BCUT2D eigenvalue weighted by molar-refractivity contribution is 5.91. The number of aryl methyl sites for hydroxylation is 1. The minimum Gasteiger partial charge on any atom is -0.497 e. The fourth-order valence-electron chi connectivity index (χ4n) is 4.45. The number of carbonyl (C=O) groups excluding carboxylic acids is 3. The number of nitrogens with zero attached hydrogens (tertiary/aromatic N) is 1. The van der Waals surface area contributed by atoms with Crippen LogP contribution >= 0.6 is 0 Å². The van der Waals surface area contributed by atoms with Crippen molar-refractivity contribution in [2.75, 3.05) is 20.3 Å². The third-order valence-electron chi connectivity index (χ3n) is 5.98. The van der Waals surface area contributed by atoms with E-state index in [1.807, 2.05) is 24.3 Å². The van der Waals surface area contributed by atoms with E-state index in [0.29, 0.717) is 17.9 Å². The Bertz CT molecular complexity index is 762. The van der Waals surface area contributed by atoms with Gasteiger partial charge in [0.15, 0.2) is 0 Å². The van der Waals surface area contributed by atoms with Gasteiger partial charge in [0.25, 0.3) is 0 Å². The first-order valence-corrected chi connectivity index (χ1v) is 10.7. The zero-order valence-corrected chi connectivity index (χ0v) is 19.6. The zero-order valence-electron chi connectivity index (χ0n) is 19.6. The number of ether oxygens (including phenoxy) is 1. The number of primary amides is 1. The normalized spacial score (nSPS) is 15.2. The molecule has 9 heteroatoms. The number of hydrogen-bond donors (Lipinski definition) is 4. The summed E-state index contributed by atoms with van der Waals surface area (Å²) in [5.74, 6) is -1.50. The molecule has 0 radical (unpaired) electrons. The average Bonchev–Trinajstić information content (AvgIpc) is 2.74. The van der Waals surface area contributed by atoms with Crippen molar-refractivity contribution >= 4 is 18.2 Å². The van der Waals surface area contributed by atoms with E-state index < -0.39 is 34.6 Å².